The molecule has 0 aliphatic rings. The largest absolute Gasteiger partial charge is 0.481 e. The molecule has 0 saturated carbocycles. The summed E-state index contributed by atoms with van der Waals surface area (Å²) in [5.74, 6) is -1.87. The highest BCUT2D eigenvalue weighted by Gasteiger charge is 2.30. The maximum Gasteiger partial charge on any atom is 0.308 e. The van der Waals surface area contributed by atoms with Gasteiger partial charge in [-0.1, -0.05) is 20.8 Å². The Hall–Kier alpha value is -1.10. The van der Waals surface area contributed by atoms with Gasteiger partial charge in [-0.2, -0.15) is 0 Å². The molecule has 0 radical (unpaired) electrons. The predicted molar refractivity (Wildman–Crippen MR) is 61.8 cm³/mol. The molecule has 3 atom stereocenters. The fourth-order valence-corrected chi connectivity index (χ4v) is 1.05. The van der Waals surface area contributed by atoms with Crippen LogP contribution in [0.3, 0.4) is 0 Å². The topological polar surface area (TPSA) is 92.4 Å². The van der Waals surface area contributed by atoms with Gasteiger partial charge in [0, 0.05) is 6.04 Å². The Kier molecular flexibility index (Phi) is 4.93. The SMILES string of the molecule is CC(NC(=O)[C@H](N)C(C)(C)C)C(C)C(=O)O. The lowest BCUT2D eigenvalue weighted by molar-refractivity contribution is -0.142. The molecule has 0 saturated heterocycles. The van der Waals surface area contributed by atoms with Crippen LogP contribution in [0.4, 0.5) is 0 Å². The second-order valence-electron chi connectivity index (χ2n) is 5.27. The molecule has 0 fully saturated rings. The van der Waals surface area contributed by atoms with Gasteiger partial charge in [0.25, 0.3) is 0 Å². The zero-order chi connectivity index (χ0) is 13.1. The fraction of sp³-hybridized carbons (Fsp3) is 0.818. The highest BCUT2D eigenvalue weighted by molar-refractivity contribution is 5.83. The summed E-state index contributed by atoms with van der Waals surface area (Å²) in [6.45, 7) is 8.80. The van der Waals surface area contributed by atoms with E-state index in [1.165, 1.54) is 0 Å². The number of carboxylic acid groups (broad SMARTS) is 1. The number of rotatable bonds is 4. The number of aliphatic carboxylic acids is 1. The molecular weight excluding hydrogens is 208 g/mol. The monoisotopic (exact) mass is 230 g/mol. The van der Waals surface area contributed by atoms with Crippen LogP contribution in [-0.4, -0.2) is 29.1 Å². The quantitative estimate of drug-likeness (QED) is 0.659. The Balaban J connectivity index is 4.41. The lowest BCUT2D eigenvalue weighted by atomic mass is 9.86. The molecule has 0 rings (SSSR count). The number of carbonyl (C=O) groups is 2. The Morgan fingerprint density at radius 2 is 1.69 bits per heavy atom. The molecular formula is C11H22N2O3. The summed E-state index contributed by atoms with van der Waals surface area (Å²) >= 11 is 0. The van der Waals surface area contributed by atoms with E-state index >= 15 is 0 Å². The molecule has 0 spiro atoms. The third kappa shape index (κ3) is 4.18. The predicted octanol–water partition coefficient (Wildman–Crippen LogP) is 0.585. The summed E-state index contributed by atoms with van der Waals surface area (Å²) in [4.78, 5) is 22.4. The minimum absolute atomic E-state index is 0.312. The van der Waals surface area contributed by atoms with E-state index in [4.69, 9.17) is 10.8 Å². The maximum absolute atomic E-state index is 11.7. The highest BCUT2D eigenvalue weighted by atomic mass is 16.4. The van der Waals surface area contributed by atoms with Crippen molar-refractivity contribution in [2.75, 3.05) is 0 Å². The number of amides is 1. The third-order valence-corrected chi connectivity index (χ3v) is 2.72. The van der Waals surface area contributed by atoms with Gasteiger partial charge in [-0.3, -0.25) is 9.59 Å². The molecule has 0 aliphatic carbocycles. The first-order valence-electron chi connectivity index (χ1n) is 5.36. The van der Waals surface area contributed by atoms with E-state index < -0.39 is 24.0 Å². The first-order chi connectivity index (χ1) is 7.07. The number of carboxylic acids is 1. The summed E-state index contributed by atoms with van der Waals surface area (Å²) in [5, 5.41) is 11.4. The number of nitrogens with two attached hydrogens (primary N) is 1. The molecule has 94 valence electrons. The summed E-state index contributed by atoms with van der Waals surface area (Å²) in [7, 11) is 0. The van der Waals surface area contributed by atoms with Crippen LogP contribution in [0, 0.1) is 11.3 Å². The van der Waals surface area contributed by atoms with Gasteiger partial charge in [-0.05, 0) is 19.3 Å². The average molecular weight is 230 g/mol. The van der Waals surface area contributed by atoms with E-state index in [0.717, 1.165) is 0 Å². The molecule has 0 aromatic carbocycles. The van der Waals surface area contributed by atoms with Crippen molar-refractivity contribution in [3.63, 3.8) is 0 Å². The minimum Gasteiger partial charge on any atom is -0.481 e. The van der Waals surface area contributed by atoms with Crippen molar-refractivity contribution in [3.8, 4) is 0 Å². The second kappa shape index (κ2) is 5.30. The van der Waals surface area contributed by atoms with Crippen LogP contribution >= 0.6 is 0 Å². The van der Waals surface area contributed by atoms with Crippen molar-refractivity contribution in [2.24, 2.45) is 17.1 Å². The standard InChI is InChI=1S/C11H22N2O3/c1-6(10(15)16)7(2)13-9(14)8(12)11(3,4)5/h6-8H,12H2,1-5H3,(H,13,14)(H,15,16)/t6?,7?,8-/m0/s1. The van der Waals surface area contributed by atoms with Crippen molar-refractivity contribution in [1.82, 2.24) is 5.32 Å². The number of hydrogen-bond acceptors (Lipinski definition) is 3. The number of nitrogens with one attached hydrogen (secondary N) is 1. The van der Waals surface area contributed by atoms with Crippen molar-refractivity contribution in [3.05, 3.63) is 0 Å². The average Bonchev–Trinajstić information content (AvgIpc) is 2.13. The Morgan fingerprint density at radius 3 is 2.00 bits per heavy atom. The molecule has 5 heteroatoms. The van der Waals surface area contributed by atoms with E-state index in [1.807, 2.05) is 20.8 Å². The van der Waals surface area contributed by atoms with Crippen molar-refractivity contribution in [1.29, 1.82) is 0 Å². The van der Waals surface area contributed by atoms with Crippen LogP contribution in [0.5, 0.6) is 0 Å². The van der Waals surface area contributed by atoms with Crippen LogP contribution in [0.1, 0.15) is 34.6 Å². The van der Waals surface area contributed by atoms with E-state index in [0.29, 0.717) is 0 Å². The Labute approximate surface area is 96.4 Å². The van der Waals surface area contributed by atoms with Crippen LogP contribution in [-0.2, 0) is 9.59 Å². The lowest BCUT2D eigenvalue weighted by Gasteiger charge is -2.28. The van der Waals surface area contributed by atoms with E-state index in [2.05, 4.69) is 5.32 Å². The molecule has 0 aromatic rings. The molecule has 0 aliphatic heterocycles. The summed E-state index contributed by atoms with van der Waals surface area (Å²) in [6, 6.07) is -1.07. The first-order valence-corrected chi connectivity index (χ1v) is 5.36. The molecule has 16 heavy (non-hydrogen) atoms. The molecule has 0 bridgehead atoms. The highest BCUT2D eigenvalue weighted by Crippen LogP contribution is 2.17. The van der Waals surface area contributed by atoms with Crippen molar-refractivity contribution in [2.45, 2.75) is 46.7 Å². The Morgan fingerprint density at radius 1 is 1.25 bits per heavy atom. The molecule has 2 unspecified atom stereocenters. The number of carbonyl (C=O) groups excluding carboxylic acids is 1. The van der Waals surface area contributed by atoms with Crippen LogP contribution in [0.15, 0.2) is 0 Å². The maximum atomic E-state index is 11.7. The zero-order valence-corrected chi connectivity index (χ0v) is 10.6. The van der Waals surface area contributed by atoms with Gasteiger partial charge in [0.15, 0.2) is 0 Å². The minimum atomic E-state index is -0.933. The molecule has 4 N–H and O–H groups in total. The normalized spacial score (nSPS) is 17.4. The van der Waals surface area contributed by atoms with Gasteiger partial charge in [-0.25, -0.2) is 0 Å². The first kappa shape index (κ1) is 14.9. The van der Waals surface area contributed by atoms with Crippen LogP contribution in [0.2, 0.25) is 0 Å². The van der Waals surface area contributed by atoms with Gasteiger partial charge in [-0.15, -0.1) is 0 Å². The van der Waals surface area contributed by atoms with Gasteiger partial charge in [0.2, 0.25) is 5.91 Å². The van der Waals surface area contributed by atoms with Crippen LogP contribution < -0.4 is 11.1 Å². The smallest absolute Gasteiger partial charge is 0.308 e. The van der Waals surface area contributed by atoms with Crippen molar-refractivity contribution >= 4 is 11.9 Å². The van der Waals surface area contributed by atoms with E-state index in [1.54, 1.807) is 13.8 Å². The van der Waals surface area contributed by atoms with E-state index in [9.17, 15) is 9.59 Å². The Bertz CT molecular complexity index is 271. The van der Waals surface area contributed by atoms with Crippen LogP contribution in [0.25, 0.3) is 0 Å². The van der Waals surface area contributed by atoms with E-state index in [-0.39, 0.29) is 11.3 Å². The molecule has 0 heterocycles. The summed E-state index contributed by atoms with van der Waals surface area (Å²) in [6.07, 6.45) is 0. The van der Waals surface area contributed by atoms with Gasteiger partial charge >= 0.3 is 5.97 Å². The van der Waals surface area contributed by atoms with Gasteiger partial charge in [0.1, 0.15) is 0 Å². The van der Waals surface area contributed by atoms with Gasteiger partial charge < -0.3 is 16.2 Å². The molecule has 0 aromatic heterocycles. The lowest BCUT2D eigenvalue weighted by Crippen LogP contribution is -2.52. The zero-order valence-electron chi connectivity index (χ0n) is 10.6. The summed E-state index contributed by atoms with van der Waals surface area (Å²) < 4.78 is 0. The van der Waals surface area contributed by atoms with Gasteiger partial charge in [0.05, 0.1) is 12.0 Å². The second-order valence-corrected chi connectivity index (χ2v) is 5.27. The third-order valence-electron chi connectivity index (χ3n) is 2.72. The number of hydrogen-bond donors (Lipinski definition) is 3. The molecule has 1 amide bonds. The van der Waals surface area contributed by atoms with Crippen molar-refractivity contribution < 1.29 is 14.7 Å². The summed E-state index contributed by atoms with van der Waals surface area (Å²) in [5.41, 5.74) is 5.42. The fourth-order valence-electron chi connectivity index (χ4n) is 1.05. The molecule has 5 nitrogen and oxygen atoms in total.